The highest BCUT2D eigenvalue weighted by Gasteiger charge is 2.35. The summed E-state index contributed by atoms with van der Waals surface area (Å²) in [4.78, 5) is 22.1. The van der Waals surface area contributed by atoms with Crippen LogP contribution in [0.5, 0.6) is 0 Å². The predicted octanol–water partition coefficient (Wildman–Crippen LogP) is 4.46. The molecule has 0 aliphatic rings. The number of alkyl halides is 3. The average molecular weight is 339 g/mol. The van der Waals surface area contributed by atoms with E-state index in [0.29, 0.717) is 0 Å². The Kier molecular flexibility index (Phi) is 4.87. The van der Waals surface area contributed by atoms with Gasteiger partial charge in [0.2, 0.25) is 0 Å². The summed E-state index contributed by atoms with van der Waals surface area (Å²) >= 11 is 0. The number of nitro groups is 1. The Hall–Kier alpha value is -2.90. The van der Waals surface area contributed by atoms with Crippen LogP contribution in [0.4, 0.5) is 18.9 Å². The second-order valence-electron chi connectivity index (χ2n) is 4.75. The van der Waals surface area contributed by atoms with Gasteiger partial charge in [-0.1, -0.05) is 18.2 Å². The Bertz CT molecular complexity index is 787. The van der Waals surface area contributed by atoms with Crippen molar-refractivity contribution >= 4 is 11.7 Å². The van der Waals surface area contributed by atoms with Crippen LogP contribution in [0, 0.1) is 10.1 Å². The van der Waals surface area contributed by atoms with E-state index in [1.165, 1.54) is 18.2 Å². The van der Waals surface area contributed by atoms with Gasteiger partial charge in [-0.25, -0.2) is 4.79 Å². The normalized spacial score (nSPS) is 11.2. The first-order valence-corrected chi connectivity index (χ1v) is 6.88. The number of hydrogen-bond acceptors (Lipinski definition) is 4. The van der Waals surface area contributed by atoms with Crippen molar-refractivity contribution in [1.82, 2.24) is 0 Å². The molecule has 0 radical (unpaired) electrons. The van der Waals surface area contributed by atoms with Crippen LogP contribution in [0.2, 0.25) is 0 Å². The maximum atomic E-state index is 13.1. The monoisotopic (exact) mass is 339 g/mol. The molecular formula is C16H12F3NO4. The maximum Gasteiger partial charge on any atom is 0.417 e. The van der Waals surface area contributed by atoms with Gasteiger partial charge in [0.15, 0.2) is 0 Å². The molecule has 0 bridgehead atoms. The van der Waals surface area contributed by atoms with Crippen molar-refractivity contribution in [3.8, 4) is 11.1 Å². The molecule has 0 heterocycles. The first-order chi connectivity index (χ1) is 11.3. The molecular weight excluding hydrogens is 327 g/mol. The van der Waals surface area contributed by atoms with Crippen molar-refractivity contribution in [2.75, 3.05) is 6.61 Å². The van der Waals surface area contributed by atoms with Gasteiger partial charge in [0.25, 0.3) is 5.69 Å². The molecule has 2 aromatic carbocycles. The Morgan fingerprint density at radius 1 is 1.17 bits per heavy atom. The van der Waals surface area contributed by atoms with Crippen LogP contribution in [-0.4, -0.2) is 17.5 Å². The van der Waals surface area contributed by atoms with Crippen molar-refractivity contribution in [2.24, 2.45) is 0 Å². The molecule has 0 aliphatic heterocycles. The number of halogens is 3. The third kappa shape index (κ3) is 3.53. The number of nitro benzene ring substituents is 1. The van der Waals surface area contributed by atoms with Gasteiger partial charge in [-0.15, -0.1) is 0 Å². The molecule has 2 rings (SSSR count). The van der Waals surface area contributed by atoms with Crippen LogP contribution in [0.3, 0.4) is 0 Å². The fraction of sp³-hybridized carbons (Fsp3) is 0.188. The molecule has 0 unspecified atom stereocenters. The summed E-state index contributed by atoms with van der Waals surface area (Å²) in [6, 6.07) is 7.79. The molecule has 2 aromatic rings. The molecule has 126 valence electrons. The van der Waals surface area contributed by atoms with Gasteiger partial charge in [0, 0.05) is 11.6 Å². The summed E-state index contributed by atoms with van der Waals surface area (Å²) in [7, 11) is 0. The number of ether oxygens (including phenoxy) is 1. The van der Waals surface area contributed by atoms with E-state index in [1.54, 1.807) is 6.92 Å². The van der Waals surface area contributed by atoms with Gasteiger partial charge in [-0.2, -0.15) is 13.2 Å². The van der Waals surface area contributed by atoms with Crippen LogP contribution in [0.15, 0.2) is 42.5 Å². The third-order valence-corrected chi connectivity index (χ3v) is 3.23. The maximum absolute atomic E-state index is 13.1. The van der Waals surface area contributed by atoms with Crippen molar-refractivity contribution in [3.63, 3.8) is 0 Å². The fourth-order valence-corrected chi connectivity index (χ4v) is 2.22. The van der Waals surface area contributed by atoms with E-state index in [-0.39, 0.29) is 23.3 Å². The summed E-state index contributed by atoms with van der Waals surface area (Å²) in [5.41, 5.74) is -2.24. The Morgan fingerprint density at radius 2 is 1.83 bits per heavy atom. The summed E-state index contributed by atoms with van der Waals surface area (Å²) < 4.78 is 44.1. The van der Waals surface area contributed by atoms with Gasteiger partial charge < -0.3 is 4.74 Å². The quantitative estimate of drug-likeness (QED) is 0.468. The highest BCUT2D eigenvalue weighted by molar-refractivity contribution is 5.92. The molecule has 0 atom stereocenters. The second-order valence-corrected chi connectivity index (χ2v) is 4.75. The Morgan fingerprint density at radius 3 is 2.42 bits per heavy atom. The Labute approximate surface area is 134 Å². The first-order valence-electron chi connectivity index (χ1n) is 6.88. The zero-order valence-corrected chi connectivity index (χ0v) is 12.5. The van der Waals surface area contributed by atoms with Gasteiger partial charge in [0.05, 0.1) is 28.2 Å². The van der Waals surface area contributed by atoms with E-state index < -0.39 is 28.3 Å². The van der Waals surface area contributed by atoms with E-state index in [0.717, 1.165) is 24.3 Å². The highest BCUT2D eigenvalue weighted by atomic mass is 19.4. The summed E-state index contributed by atoms with van der Waals surface area (Å²) in [6.07, 6.45) is -4.66. The molecule has 0 aromatic heterocycles. The molecule has 0 amide bonds. The van der Waals surface area contributed by atoms with Gasteiger partial charge in [-0.05, 0) is 25.1 Å². The van der Waals surface area contributed by atoms with Gasteiger partial charge in [-0.3, -0.25) is 10.1 Å². The number of esters is 1. The van der Waals surface area contributed by atoms with Crippen LogP contribution < -0.4 is 0 Å². The molecule has 0 fully saturated rings. The number of benzene rings is 2. The topological polar surface area (TPSA) is 69.4 Å². The lowest BCUT2D eigenvalue weighted by Crippen LogP contribution is -2.09. The zero-order valence-electron chi connectivity index (χ0n) is 12.5. The number of hydrogen-bond donors (Lipinski definition) is 0. The van der Waals surface area contributed by atoms with E-state index in [9.17, 15) is 28.1 Å². The fourth-order valence-electron chi connectivity index (χ4n) is 2.22. The first kappa shape index (κ1) is 17.5. The van der Waals surface area contributed by atoms with E-state index in [1.807, 2.05) is 0 Å². The van der Waals surface area contributed by atoms with E-state index in [2.05, 4.69) is 0 Å². The summed E-state index contributed by atoms with van der Waals surface area (Å²) in [6.45, 7) is 1.64. The minimum absolute atomic E-state index is 0.0747. The minimum atomic E-state index is -4.66. The number of nitrogens with zero attached hydrogens (tertiary/aromatic N) is 1. The molecule has 24 heavy (non-hydrogen) atoms. The Balaban J connectivity index is 2.64. The molecule has 5 nitrogen and oxygen atoms in total. The minimum Gasteiger partial charge on any atom is -0.462 e. The van der Waals surface area contributed by atoms with Crippen molar-refractivity contribution < 1.29 is 27.6 Å². The number of carbonyl (C=O) groups excluding carboxylic acids is 1. The molecule has 0 saturated carbocycles. The average Bonchev–Trinajstić information content (AvgIpc) is 2.53. The van der Waals surface area contributed by atoms with E-state index >= 15 is 0 Å². The van der Waals surface area contributed by atoms with E-state index in [4.69, 9.17) is 4.74 Å². The molecule has 0 saturated heterocycles. The number of rotatable bonds is 4. The largest absolute Gasteiger partial charge is 0.462 e. The molecule has 0 spiro atoms. The zero-order chi connectivity index (χ0) is 17.9. The van der Waals surface area contributed by atoms with Crippen LogP contribution in [0.1, 0.15) is 22.8 Å². The van der Waals surface area contributed by atoms with Gasteiger partial charge in [0.1, 0.15) is 0 Å². The van der Waals surface area contributed by atoms with Crippen molar-refractivity contribution in [1.29, 1.82) is 0 Å². The van der Waals surface area contributed by atoms with Crippen molar-refractivity contribution in [2.45, 2.75) is 13.1 Å². The SMILES string of the molecule is CCOC(=O)c1ccc(-c2ccccc2C(F)(F)F)c([N+](=O)[O-])c1. The standard InChI is InChI=1S/C16H12F3NO4/c1-2-24-15(21)10-7-8-12(14(9-10)20(22)23)11-5-3-4-6-13(11)16(17,18)19/h3-9H,2H2,1H3. The lowest BCUT2D eigenvalue weighted by atomic mass is 9.96. The third-order valence-electron chi connectivity index (χ3n) is 3.23. The summed E-state index contributed by atoms with van der Waals surface area (Å²) in [5, 5.41) is 11.3. The summed E-state index contributed by atoms with van der Waals surface area (Å²) in [5.74, 6) is -0.781. The molecule has 0 N–H and O–H groups in total. The molecule has 0 aliphatic carbocycles. The molecule has 8 heteroatoms. The van der Waals surface area contributed by atoms with Crippen LogP contribution in [-0.2, 0) is 10.9 Å². The number of carbonyl (C=O) groups is 1. The smallest absolute Gasteiger partial charge is 0.417 e. The van der Waals surface area contributed by atoms with Crippen LogP contribution >= 0.6 is 0 Å². The highest BCUT2D eigenvalue weighted by Crippen LogP contribution is 2.40. The lowest BCUT2D eigenvalue weighted by Gasteiger charge is -2.13. The van der Waals surface area contributed by atoms with Crippen LogP contribution in [0.25, 0.3) is 11.1 Å². The predicted molar refractivity (Wildman–Crippen MR) is 79.5 cm³/mol. The van der Waals surface area contributed by atoms with Crippen molar-refractivity contribution in [3.05, 3.63) is 63.7 Å². The van der Waals surface area contributed by atoms with Gasteiger partial charge >= 0.3 is 12.1 Å². The lowest BCUT2D eigenvalue weighted by molar-refractivity contribution is -0.384. The second kappa shape index (κ2) is 6.69.